The van der Waals surface area contributed by atoms with E-state index in [2.05, 4.69) is 41.5 Å². The summed E-state index contributed by atoms with van der Waals surface area (Å²) in [5.74, 6) is 0.539. The third-order valence-electron chi connectivity index (χ3n) is 4.16. The third-order valence-corrected chi connectivity index (χ3v) is 4.16. The predicted octanol–water partition coefficient (Wildman–Crippen LogP) is 5.60. The Kier molecular flexibility index (Phi) is 5.82. The lowest BCUT2D eigenvalue weighted by atomic mass is 9.72. The summed E-state index contributed by atoms with van der Waals surface area (Å²) in [5.41, 5.74) is 1.64. The van der Waals surface area contributed by atoms with Crippen LogP contribution in [0.25, 0.3) is 0 Å². The molecular weight excluding hydrogens is 244 g/mol. The van der Waals surface area contributed by atoms with Gasteiger partial charge in [-0.2, -0.15) is 0 Å². The van der Waals surface area contributed by atoms with Crippen molar-refractivity contribution < 1.29 is 5.11 Å². The molecule has 0 bridgehead atoms. The van der Waals surface area contributed by atoms with E-state index in [1.54, 1.807) is 0 Å². The quantitative estimate of drug-likeness (QED) is 0.742. The number of benzene rings is 1. The average molecular weight is 276 g/mol. The summed E-state index contributed by atoms with van der Waals surface area (Å²) in [5, 5.41) is 10.5. The zero-order chi connectivity index (χ0) is 15.4. The Morgan fingerprint density at radius 2 is 1.50 bits per heavy atom. The van der Waals surface area contributed by atoms with Gasteiger partial charge in [0.25, 0.3) is 0 Å². The molecule has 114 valence electrons. The SMILES string of the molecule is CC(C)(C)CCC(CC(O)c1ccccc1)C(C)(C)C. The highest BCUT2D eigenvalue weighted by molar-refractivity contribution is 5.17. The third kappa shape index (κ3) is 6.09. The molecule has 1 aromatic carbocycles. The fourth-order valence-electron chi connectivity index (χ4n) is 2.59. The van der Waals surface area contributed by atoms with Gasteiger partial charge >= 0.3 is 0 Å². The summed E-state index contributed by atoms with van der Waals surface area (Å²) in [4.78, 5) is 0. The maximum atomic E-state index is 10.5. The fraction of sp³-hybridized carbons (Fsp3) is 0.684. The van der Waals surface area contributed by atoms with E-state index >= 15 is 0 Å². The molecule has 1 rings (SSSR count). The first-order valence-corrected chi connectivity index (χ1v) is 7.82. The minimum Gasteiger partial charge on any atom is -0.388 e. The van der Waals surface area contributed by atoms with E-state index in [0.717, 1.165) is 12.0 Å². The van der Waals surface area contributed by atoms with Crippen LogP contribution in [0.15, 0.2) is 30.3 Å². The second-order valence-electron chi connectivity index (χ2n) is 8.32. The molecule has 2 atom stereocenters. The largest absolute Gasteiger partial charge is 0.388 e. The van der Waals surface area contributed by atoms with Crippen molar-refractivity contribution in [2.24, 2.45) is 16.7 Å². The Morgan fingerprint density at radius 1 is 0.950 bits per heavy atom. The van der Waals surface area contributed by atoms with Crippen molar-refractivity contribution in [2.75, 3.05) is 0 Å². The molecule has 0 aliphatic heterocycles. The number of rotatable bonds is 5. The Morgan fingerprint density at radius 3 is 1.95 bits per heavy atom. The van der Waals surface area contributed by atoms with Gasteiger partial charge in [-0.15, -0.1) is 0 Å². The van der Waals surface area contributed by atoms with Gasteiger partial charge in [0.15, 0.2) is 0 Å². The molecule has 0 aliphatic rings. The molecule has 0 aromatic heterocycles. The van der Waals surface area contributed by atoms with Crippen LogP contribution in [0.1, 0.15) is 72.5 Å². The van der Waals surface area contributed by atoms with Gasteiger partial charge in [0.1, 0.15) is 0 Å². The molecule has 0 aliphatic carbocycles. The number of aliphatic hydroxyl groups is 1. The predicted molar refractivity (Wildman–Crippen MR) is 87.7 cm³/mol. The lowest BCUT2D eigenvalue weighted by Gasteiger charge is -2.34. The van der Waals surface area contributed by atoms with Crippen LogP contribution in [0.5, 0.6) is 0 Å². The van der Waals surface area contributed by atoms with Crippen LogP contribution in [0.3, 0.4) is 0 Å². The van der Waals surface area contributed by atoms with Crippen molar-refractivity contribution in [1.29, 1.82) is 0 Å². The van der Waals surface area contributed by atoms with E-state index in [1.165, 1.54) is 12.8 Å². The van der Waals surface area contributed by atoms with Gasteiger partial charge in [-0.05, 0) is 41.6 Å². The standard InChI is InChI=1S/C19H32O/c1-18(2,3)13-12-16(19(4,5)6)14-17(20)15-10-8-7-9-11-15/h7-11,16-17,20H,12-14H2,1-6H3. The normalized spacial score (nSPS) is 15.9. The van der Waals surface area contributed by atoms with Crippen LogP contribution in [0, 0.1) is 16.7 Å². The first-order chi connectivity index (χ1) is 9.09. The van der Waals surface area contributed by atoms with Crippen molar-refractivity contribution >= 4 is 0 Å². The Balaban J connectivity index is 2.70. The van der Waals surface area contributed by atoms with E-state index in [1.807, 2.05) is 30.3 Å². The van der Waals surface area contributed by atoms with Crippen molar-refractivity contribution in [2.45, 2.75) is 66.9 Å². The Hall–Kier alpha value is -0.820. The zero-order valence-electron chi connectivity index (χ0n) is 14.1. The minimum atomic E-state index is -0.347. The Labute approximate surface area is 125 Å². The highest BCUT2D eigenvalue weighted by Gasteiger charge is 2.28. The van der Waals surface area contributed by atoms with E-state index in [-0.39, 0.29) is 11.5 Å². The van der Waals surface area contributed by atoms with Gasteiger partial charge < -0.3 is 5.11 Å². The van der Waals surface area contributed by atoms with Crippen LogP contribution >= 0.6 is 0 Å². The van der Waals surface area contributed by atoms with Crippen molar-refractivity contribution in [3.63, 3.8) is 0 Å². The molecule has 0 spiro atoms. The summed E-state index contributed by atoms with van der Waals surface area (Å²) in [7, 11) is 0. The van der Waals surface area contributed by atoms with Crippen LogP contribution < -0.4 is 0 Å². The molecule has 20 heavy (non-hydrogen) atoms. The minimum absolute atomic E-state index is 0.237. The molecule has 1 aromatic rings. The van der Waals surface area contributed by atoms with Gasteiger partial charge in [-0.1, -0.05) is 71.9 Å². The molecule has 0 amide bonds. The van der Waals surface area contributed by atoms with E-state index in [9.17, 15) is 5.11 Å². The first-order valence-electron chi connectivity index (χ1n) is 7.82. The summed E-state index contributed by atoms with van der Waals surface area (Å²) in [6, 6.07) is 10.0. The lowest BCUT2D eigenvalue weighted by Crippen LogP contribution is -2.24. The van der Waals surface area contributed by atoms with Gasteiger partial charge in [-0.3, -0.25) is 0 Å². The topological polar surface area (TPSA) is 20.2 Å². The lowest BCUT2D eigenvalue weighted by molar-refractivity contribution is 0.0901. The Bertz CT molecular complexity index is 380. The monoisotopic (exact) mass is 276 g/mol. The second kappa shape index (κ2) is 6.76. The highest BCUT2D eigenvalue weighted by Crippen LogP contribution is 2.39. The van der Waals surface area contributed by atoms with Gasteiger partial charge in [0, 0.05) is 0 Å². The number of hydrogen-bond donors (Lipinski definition) is 1. The summed E-state index contributed by atoms with van der Waals surface area (Å²) < 4.78 is 0. The molecule has 1 nitrogen and oxygen atoms in total. The van der Waals surface area contributed by atoms with Crippen molar-refractivity contribution in [1.82, 2.24) is 0 Å². The molecule has 0 fully saturated rings. The highest BCUT2D eigenvalue weighted by atomic mass is 16.3. The van der Waals surface area contributed by atoms with Gasteiger partial charge in [0.05, 0.1) is 6.10 Å². The fourth-order valence-corrected chi connectivity index (χ4v) is 2.59. The van der Waals surface area contributed by atoms with Crippen molar-refractivity contribution in [3.05, 3.63) is 35.9 Å². The molecular formula is C19H32O. The van der Waals surface area contributed by atoms with Crippen LogP contribution in [0.2, 0.25) is 0 Å². The number of aliphatic hydroxyl groups excluding tert-OH is 1. The van der Waals surface area contributed by atoms with E-state index < -0.39 is 0 Å². The molecule has 0 heterocycles. The van der Waals surface area contributed by atoms with Crippen LogP contribution in [0.4, 0.5) is 0 Å². The molecule has 1 heteroatoms. The zero-order valence-corrected chi connectivity index (χ0v) is 14.1. The number of hydrogen-bond acceptors (Lipinski definition) is 1. The molecule has 1 N–H and O–H groups in total. The molecule has 2 unspecified atom stereocenters. The van der Waals surface area contributed by atoms with E-state index in [4.69, 9.17) is 0 Å². The van der Waals surface area contributed by atoms with Gasteiger partial charge in [-0.25, -0.2) is 0 Å². The average Bonchev–Trinajstić information content (AvgIpc) is 2.32. The molecule has 0 saturated carbocycles. The summed E-state index contributed by atoms with van der Waals surface area (Å²) in [6.45, 7) is 13.7. The van der Waals surface area contributed by atoms with Gasteiger partial charge in [0.2, 0.25) is 0 Å². The summed E-state index contributed by atoms with van der Waals surface area (Å²) >= 11 is 0. The second-order valence-corrected chi connectivity index (χ2v) is 8.32. The van der Waals surface area contributed by atoms with Crippen LogP contribution in [-0.4, -0.2) is 5.11 Å². The van der Waals surface area contributed by atoms with E-state index in [0.29, 0.717) is 11.3 Å². The molecule has 0 radical (unpaired) electrons. The smallest absolute Gasteiger partial charge is 0.0792 e. The molecule has 0 saturated heterocycles. The maximum absolute atomic E-state index is 10.5. The summed E-state index contributed by atoms with van der Waals surface area (Å²) in [6.07, 6.45) is 2.89. The van der Waals surface area contributed by atoms with Crippen LogP contribution in [-0.2, 0) is 0 Å². The maximum Gasteiger partial charge on any atom is 0.0792 e. The van der Waals surface area contributed by atoms with Crippen molar-refractivity contribution in [3.8, 4) is 0 Å². The first kappa shape index (κ1) is 17.2.